The van der Waals surface area contributed by atoms with Crippen LogP contribution < -0.4 is 0 Å². The third-order valence-corrected chi connectivity index (χ3v) is 13.1. The average molecular weight is 581 g/mol. The van der Waals surface area contributed by atoms with Gasteiger partial charge in [0.15, 0.2) is 0 Å². The molecule has 5 nitrogen and oxygen atoms in total. The van der Waals surface area contributed by atoms with E-state index in [2.05, 4.69) is 69.2 Å². The van der Waals surface area contributed by atoms with Gasteiger partial charge in [-0.1, -0.05) is 94.9 Å². The van der Waals surface area contributed by atoms with Gasteiger partial charge in [0.05, 0.1) is 25.0 Å². The zero-order valence-electron chi connectivity index (χ0n) is 29.3. The molecule has 0 aromatic heterocycles. The summed E-state index contributed by atoms with van der Waals surface area (Å²) in [6.07, 6.45) is 12.3. The Balaban J connectivity index is 3.98. The van der Waals surface area contributed by atoms with E-state index >= 15 is 0 Å². The SMILES string of the molecule is CCC(CC)C1(CC)CCC1(CC(CC)(CC)C(CC)(CC)C(CC(C)(CC)CC)C(=O)OCCOC)C(=O)OC. The second-order valence-electron chi connectivity index (χ2n) is 13.6. The van der Waals surface area contributed by atoms with Crippen molar-refractivity contribution in [1.29, 1.82) is 0 Å². The summed E-state index contributed by atoms with van der Waals surface area (Å²) in [4.78, 5) is 28.3. The van der Waals surface area contributed by atoms with Crippen molar-refractivity contribution in [1.82, 2.24) is 0 Å². The van der Waals surface area contributed by atoms with Gasteiger partial charge in [0, 0.05) is 7.11 Å². The molecule has 1 aliphatic carbocycles. The van der Waals surface area contributed by atoms with Crippen LogP contribution in [0.3, 0.4) is 0 Å². The first-order chi connectivity index (χ1) is 19.4. The van der Waals surface area contributed by atoms with E-state index in [0.717, 1.165) is 83.5 Å². The Morgan fingerprint density at radius 1 is 0.780 bits per heavy atom. The molecule has 0 radical (unpaired) electrons. The second kappa shape index (κ2) is 16.1. The number of hydrogen-bond acceptors (Lipinski definition) is 5. The summed E-state index contributed by atoms with van der Waals surface area (Å²) in [5.41, 5.74) is -1.09. The fourth-order valence-electron chi connectivity index (χ4n) is 9.74. The van der Waals surface area contributed by atoms with Gasteiger partial charge >= 0.3 is 11.9 Å². The lowest BCUT2D eigenvalue weighted by molar-refractivity contribution is -0.213. The molecule has 0 N–H and O–H groups in total. The monoisotopic (exact) mass is 581 g/mol. The lowest BCUT2D eigenvalue weighted by Gasteiger charge is -2.66. The van der Waals surface area contributed by atoms with Crippen molar-refractivity contribution in [2.45, 2.75) is 153 Å². The fraction of sp³-hybridized carbons (Fsp3) is 0.944. The third-order valence-electron chi connectivity index (χ3n) is 13.1. The van der Waals surface area contributed by atoms with Crippen LogP contribution in [0.4, 0.5) is 0 Å². The van der Waals surface area contributed by atoms with Crippen LogP contribution in [-0.2, 0) is 23.8 Å². The number of ether oxygens (including phenoxy) is 3. The normalized spacial score (nSPS) is 22.4. The zero-order valence-corrected chi connectivity index (χ0v) is 29.3. The first-order valence-electron chi connectivity index (χ1n) is 17.2. The number of rotatable bonds is 21. The number of methoxy groups -OCH3 is 2. The lowest BCUT2D eigenvalue weighted by atomic mass is 9.37. The van der Waals surface area contributed by atoms with Gasteiger partial charge in [-0.25, -0.2) is 0 Å². The smallest absolute Gasteiger partial charge is 0.312 e. The number of carbonyl (C=O) groups excluding carboxylic acids is 2. The summed E-state index contributed by atoms with van der Waals surface area (Å²) in [5.74, 6) is 0.101. The Morgan fingerprint density at radius 2 is 1.34 bits per heavy atom. The first kappa shape index (κ1) is 37.9. The highest BCUT2D eigenvalue weighted by molar-refractivity contribution is 5.80. The predicted octanol–water partition coefficient (Wildman–Crippen LogP) is 9.80. The Labute approximate surface area is 254 Å². The summed E-state index contributed by atoms with van der Waals surface area (Å²) in [6.45, 7) is 23.5. The molecule has 3 atom stereocenters. The average Bonchev–Trinajstić information content (AvgIpc) is 3.00. The van der Waals surface area contributed by atoms with Crippen molar-refractivity contribution >= 4 is 11.9 Å². The standard InChI is InChI=1S/C36H68O5/c1-13-28(14-2)35(21-9)22-23-36(35,31(38)40-12)27-33(17-5,18-6)34(19-7,20-8)29(26-32(10,15-3)16-4)30(37)41-25-24-39-11/h28-29H,13-27H2,1-12H3. The van der Waals surface area contributed by atoms with E-state index in [0.29, 0.717) is 12.5 Å². The molecule has 1 fully saturated rings. The molecule has 0 aromatic rings. The van der Waals surface area contributed by atoms with E-state index in [1.807, 2.05) is 0 Å². The highest BCUT2D eigenvalue weighted by Gasteiger charge is 2.69. The molecule has 0 saturated heterocycles. The highest BCUT2D eigenvalue weighted by Crippen LogP contribution is 2.72. The molecule has 1 saturated carbocycles. The quantitative estimate of drug-likeness (QED) is 0.0998. The van der Waals surface area contributed by atoms with E-state index in [1.54, 1.807) is 14.2 Å². The van der Waals surface area contributed by atoms with Gasteiger partial charge in [0.2, 0.25) is 0 Å². The summed E-state index contributed by atoms with van der Waals surface area (Å²) in [7, 11) is 3.22. The topological polar surface area (TPSA) is 61.8 Å². The zero-order chi connectivity index (χ0) is 31.5. The molecule has 41 heavy (non-hydrogen) atoms. The molecule has 0 amide bonds. The van der Waals surface area contributed by atoms with Crippen molar-refractivity contribution < 1.29 is 23.8 Å². The van der Waals surface area contributed by atoms with E-state index in [-0.39, 0.29) is 46.1 Å². The number of hydrogen-bond donors (Lipinski definition) is 0. The predicted molar refractivity (Wildman–Crippen MR) is 171 cm³/mol. The maximum absolute atomic E-state index is 14.2. The molecule has 1 rings (SSSR count). The lowest BCUT2D eigenvalue weighted by Crippen LogP contribution is -2.63. The summed E-state index contributed by atoms with van der Waals surface area (Å²) >= 11 is 0. The molecule has 0 aliphatic heterocycles. The van der Waals surface area contributed by atoms with Crippen LogP contribution >= 0.6 is 0 Å². The summed E-state index contributed by atoms with van der Waals surface area (Å²) in [5, 5.41) is 0. The van der Waals surface area contributed by atoms with Crippen LogP contribution in [0.2, 0.25) is 0 Å². The summed E-state index contributed by atoms with van der Waals surface area (Å²) in [6, 6.07) is 0. The van der Waals surface area contributed by atoms with E-state index < -0.39 is 5.41 Å². The van der Waals surface area contributed by atoms with Crippen LogP contribution in [0.5, 0.6) is 0 Å². The molecule has 0 spiro atoms. The molecule has 0 heterocycles. The number of esters is 2. The molecule has 5 heteroatoms. The fourth-order valence-corrected chi connectivity index (χ4v) is 9.74. The van der Waals surface area contributed by atoms with E-state index in [4.69, 9.17) is 14.2 Å². The molecule has 242 valence electrons. The minimum atomic E-state index is -0.530. The van der Waals surface area contributed by atoms with Gasteiger partial charge < -0.3 is 14.2 Å². The van der Waals surface area contributed by atoms with Crippen LogP contribution in [0.1, 0.15) is 153 Å². The molecule has 1 aliphatic rings. The van der Waals surface area contributed by atoms with Crippen molar-refractivity contribution in [3.05, 3.63) is 0 Å². The highest BCUT2D eigenvalue weighted by atomic mass is 16.6. The Morgan fingerprint density at radius 3 is 1.68 bits per heavy atom. The molecular weight excluding hydrogens is 512 g/mol. The van der Waals surface area contributed by atoms with Gasteiger partial charge in [0.1, 0.15) is 6.61 Å². The Hall–Kier alpha value is -1.10. The molecule has 0 aromatic carbocycles. The second-order valence-corrected chi connectivity index (χ2v) is 13.6. The number of carbonyl (C=O) groups is 2. The van der Waals surface area contributed by atoms with E-state index in [1.165, 1.54) is 0 Å². The van der Waals surface area contributed by atoms with Crippen molar-refractivity contribution in [2.75, 3.05) is 27.4 Å². The maximum atomic E-state index is 14.2. The third kappa shape index (κ3) is 6.70. The minimum absolute atomic E-state index is 0.0314. The van der Waals surface area contributed by atoms with Gasteiger partial charge in [-0.2, -0.15) is 0 Å². The van der Waals surface area contributed by atoms with Gasteiger partial charge in [0.25, 0.3) is 0 Å². The largest absolute Gasteiger partial charge is 0.469 e. The maximum Gasteiger partial charge on any atom is 0.312 e. The molecule has 3 unspecified atom stereocenters. The first-order valence-corrected chi connectivity index (χ1v) is 17.2. The Kier molecular flexibility index (Phi) is 14.9. The minimum Gasteiger partial charge on any atom is -0.469 e. The van der Waals surface area contributed by atoms with Gasteiger partial charge in [-0.15, -0.1) is 0 Å². The van der Waals surface area contributed by atoms with Gasteiger partial charge in [-0.05, 0) is 85.4 Å². The van der Waals surface area contributed by atoms with Crippen molar-refractivity contribution in [2.24, 2.45) is 38.9 Å². The van der Waals surface area contributed by atoms with Crippen molar-refractivity contribution in [3.8, 4) is 0 Å². The van der Waals surface area contributed by atoms with Crippen LogP contribution in [-0.4, -0.2) is 39.4 Å². The molecule has 0 bridgehead atoms. The Bertz CT molecular complexity index is 786. The molecular formula is C36H68O5. The van der Waals surface area contributed by atoms with Crippen molar-refractivity contribution in [3.63, 3.8) is 0 Å². The summed E-state index contributed by atoms with van der Waals surface area (Å²) < 4.78 is 16.9. The van der Waals surface area contributed by atoms with Crippen LogP contribution in [0.15, 0.2) is 0 Å². The van der Waals surface area contributed by atoms with Crippen LogP contribution in [0.25, 0.3) is 0 Å². The van der Waals surface area contributed by atoms with Gasteiger partial charge in [-0.3, -0.25) is 9.59 Å². The van der Waals surface area contributed by atoms with E-state index in [9.17, 15) is 9.59 Å². The van der Waals surface area contributed by atoms with Crippen LogP contribution in [0, 0.1) is 38.9 Å².